The molecule has 0 aromatic heterocycles. The Labute approximate surface area is 161 Å². The lowest BCUT2D eigenvalue weighted by Gasteiger charge is -2.27. The van der Waals surface area contributed by atoms with Crippen LogP contribution in [0.2, 0.25) is 5.02 Å². The highest BCUT2D eigenvalue weighted by Crippen LogP contribution is 2.46. The van der Waals surface area contributed by atoms with Crippen molar-refractivity contribution in [3.8, 4) is 41.4 Å². The van der Waals surface area contributed by atoms with Gasteiger partial charge in [-0.15, -0.1) is 6.42 Å². The van der Waals surface area contributed by atoms with Gasteiger partial charge >= 0.3 is 0 Å². The SMILES string of the molecule is C#CCOc1c(Cl)cc([C@H]2C(C#N)=C(N)Oc3cc(O)ccc32)cc1OC. The van der Waals surface area contributed by atoms with Crippen LogP contribution in [-0.4, -0.2) is 18.8 Å². The average molecular weight is 383 g/mol. The monoisotopic (exact) mass is 382 g/mol. The number of ether oxygens (including phenoxy) is 3. The molecular formula is C20H15ClN2O4. The van der Waals surface area contributed by atoms with Gasteiger partial charge in [-0.2, -0.15) is 5.26 Å². The Morgan fingerprint density at radius 3 is 2.81 bits per heavy atom. The van der Waals surface area contributed by atoms with Crippen LogP contribution in [0.25, 0.3) is 0 Å². The summed E-state index contributed by atoms with van der Waals surface area (Å²) in [5.41, 5.74) is 7.47. The van der Waals surface area contributed by atoms with E-state index in [9.17, 15) is 10.4 Å². The van der Waals surface area contributed by atoms with Gasteiger partial charge in [-0.25, -0.2) is 0 Å². The van der Waals surface area contributed by atoms with Gasteiger partial charge in [0, 0.05) is 11.6 Å². The third-order valence-electron chi connectivity index (χ3n) is 4.09. The van der Waals surface area contributed by atoms with Crippen molar-refractivity contribution in [3.63, 3.8) is 0 Å². The molecule has 0 spiro atoms. The molecule has 0 amide bonds. The second-order valence-electron chi connectivity index (χ2n) is 5.67. The third-order valence-corrected chi connectivity index (χ3v) is 4.37. The molecule has 3 N–H and O–H groups in total. The molecule has 136 valence electrons. The number of phenols is 1. The number of hydrogen-bond donors (Lipinski definition) is 2. The summed E-state index contributed by atoms with van der Waals surface area (Å²) in [6.45, 7) is 0.0328. The smallest absolute Gasteiger partial charge is 0.205 e. The summed E-state index contributed by atoms with van der Waals surface area (Å²) >= 11 is 6.37. The van der Waals surface area contributed by atoms with E-state index in [0.29, 0.717) is 28.4 Å². The van der Waals surface area contributed by atoms with Gasteiger partial charge in [-0.05, 0) is 23.8 Å². The summed E-state index contributed by atoms with van der Waals surface area (Å²) in [5.74, 6) is 2.85. The zero-order valence-electron chi connectivity index (χ0n) is 14.3. The molecule has 0 fully saturated rings. The van der Waals surface area contributed by atoms with Gasteiger partial charge in [0.25, 0.3) is 0 Å². The molecule has 1 atom stereocenters. The highest BCUT2D eigenvalue weighted by atomic mass is 35.5. The lowest BCUT2D eigenvalue weighted by molar-refractivity contribution is 0.330. The number of rotatable bonds is 4. The first-order chi connectivity index (χ1) is 13.0. The van der Waals surface area contributed by atoms with Crippen LogP contribution in [0.5, 0.6) is 23.0 Å². The number of benzene rings is 2. The Kier molecular flexibility index (Phi) is 5.03. The highest BCUT2D eigenvalue weighted by Gasteiger charge is 2.32. The molecule has 0 unspecified atom stereocenters. The number of nitriles is 1. The zero-order chi connectivity index (χ0) is 19.6. The fourth-order valence-electron chi connectivity index (χ4n) is 2.95. The Bertz CT molecular complexity index is 1020. The van der Waals surface area contributed by atoms with E-state index in [4.69, 9.17) is 38.0 Å². The van der Waals surface area contributed by atoms with Crippen LogP contribution < -0.4 is 19.9 Å². The molecule has 7 heteroatoms. The summed E-state index contributed by atoms with van der Waals surface area (Å²) in [6, 6.07) is 10.1. The zero-order valence-corrected chi connectivity index (χ0v) is 15.1. The maximum atomic E-state index is 9.72. The molecule has 0 saturated heterocycles. The maximum Gasteiger partial charge on any atom is 0.205 e. The lowest BCUT2D eigenvalue weighted by Crippen LogP contribution is -2.21. The van der Waals surface area contributed by atoms with E-state index >= 15 is 0 Å². The first kappa shape index (κ1) is 18.3. The van der Waals surface area contributed by atoms with Gasteiger partial charge < -0.3 is 25.1 Å². The number of allylic oxidation sites excluding steroid dienone is 1. The normalized spacial score (nSPS) is 15.2. The summed E-state index contributed by atoms with van der Waals surface area (Å²) in [6.07, 6.45) is 5.23. The first-order valence-corrected chi connectivity index (χ1v) is 8.22. The van der Waals surface area contributed by atoms with Gasteiger partial charge in [0.2, 0.25) is 5.88 Å². The first-order valence-electron chi connectivity index (χ1n) is 7.84. The van der Waals surface area contributed by atoms with Crippen LogP contribution in [0.3, 0.4) is 0 Å². The van der Waals surface area contributed by atoms with Crippen molar-refractivity contribution in [1.82, 2.24) is 0 Å². The van der Waals surface area contributed by atoms with E-state index in [1.54, 1.807) is 18.2 Å². The largest absolute Gasteiger partial charge is 0.508 e. The van der Waals surface area contributed by atoms with Crippen LogP contribution in [-0.2, 0) is 0 Å². The molecule has 1 aliphatic rings. The van der Waals surface area contributed by atoms with Crippen molar-refractivity contribution in [2.24, 2.45) is 5.73 Å². The van der Waals surface area contributed by atoms with Gasteiger partial charge in [0.15, 0.2) is 11.5 Å². The highest BCUT2D eigenvalue weighted by molar-refractivity contribution is 6.32. The van der Waals surface area contributed by atoms with Gasteiger partial charge in [-0.3, -0.25) is 0 Å². The fraction of sp³-hybridized carbons (Fsp3) is 0.150. The van der Waals surface area contributed by atoms with Crippen LogP contribution in [0.15, 0.2) is 41.8 Å². The van der Waals surface area contributed by atoms with Crippen molar-refractivity contribution in [1.29, 1.82) is 5.26 Å². The minimum atomic E-state index is -0.549. The van der Waals surface area contributed by atoms with Crippen molar-refractivity contribution < 1.29 is 19.3 Å². The quantitative estimate of drug-likeness (QED) is 0.787. The molecular weight excluding hydrogens is 368 g/mol. The number of nitrogens with zero attached hydrogens (tertiary/aromatic N) is 1. The Balaban J connectivity index is 2.19. The predicted octanol–water partition coefficient (Wildman–Crippen LogP) is 3.28. The molecule has 2 aromatic rings. The van der Waals surface area contributed by atoms with E-state index in [2.05, 4.69) is 12.0 Å². The van der Waals surface area contributed by atoms with E-state index in [1.165, 1.54) is 19.2 Å². The van der Waals surface area contributed by atoms with E-state index < -0.39 is 5.92 Å². The molecule has 2 aromatic carbocycles. The van der Waals surface area contributed by atoms with Crippen LogP contribution in [0, 0.1) is 23.7 Å². The Hall–Kier alpha value is -3.48. The van der Waals surface area contributed by atoms with E-state index in [-0.39, 0.29) is 28.8 Å². The number of fused-ring (bicyclic) bond motifs is 1. The third kappa shape index (κ3) is 3.31. The van der Waals surface area contributed by atoms with Crippen molar-refractivity contribution in [2.45, 2.75) is 5.92 Å². The van der Waals surface area contributed by atoms with Gasteiger partial charge in [-0.1, -0.05) is 23.6 Å². The molecule has 6 nitrogen and oxygen atoms in total. The Morgan fingerprint density at radius 1 is 1.37 bits per heavy atom. The molecule has 1 heterocycles. The van der Waals surface area contributed by atoms with Crippen molar-refractivity contribution in [2.75, 3.05) is 13.7 Å². The lowest BCUT2D eigenvalue weighted by atomic mass is 9.83. The Morgan fingerprint density at radius 2 is 2.15 bits per heavy atom. The van der Waals surface area contributed by atoms with Crippen molar-refractivity contribution in [3.05, 3.63) is 57.9 Å². The predicted molar refractivity (Wildman–Crippen MR) is 99.7 cm³/mol. The maximum absolute atomic E-state index is 9.72. The molecule has 0 saturated carbocycles. The summed E-state index contributed by atoms with van der Waals surface area (Å²) < 4.78 is 16.3. The van der Waals surface area contributed by atoms with E-state index in [1.807, 2.05) is 0 Å². The number of hydrogen-bond acceptors (Lipinski definition) is 6. The molecule has 0 bridgehead atoms. The topological polar surface area (TPSA) is 97.7 Å². The standard InChI is InChI=1S/C20H15ClN2O4/c1-3-6-26-19-15(21)7-11(8-17(19)25-2)18-13-5-4-12(24)9-16(13)27-20(23)14(18)10-22/h1,4-5,7-9,18,24H,6,23H2,2H3/t18-/m1/s1. The van der Waals surface area contributed by atoms with Crippen LogP contribution in [0.4, 0.5) is 0 Å². The van der Waals surface area contributed by atoms with E-state index in [0.717, 1.165) is 0 Å². The number of methoxy groups -OCH3 is 1. The number of nitrogens with two attached hydrogens (primary N) is 1. The second kappa shape index (κ2) is 7.41. The van der Waals surface area contributed by atoms with Gasteiger partial charge in [0.05, 0.1) is 18.1 Å². The number of aromatic hydroxyl groups is 1. The molecule has 1 aliphatic heterocycles. The summed E-state index contributed by atoms with van der Waals surface area (Å²) in [4.78, 5) is 0. The minimum absolute atomic E-state index is 0.0225. The molecule has 3 rings (SSSR count). The van der Waals surface area contributed by atoms with Crippen molar-refractivity contribution >= 4 is 11.6 Å². The number of halogens is 1. The number of terminal acetylenes is 1. The summed E-state index contributed by atoms with van der Waals surface area (Å²) in [7, 11) is 1.48. The van der Waals surface area contributed by atoms with Gasteiger partial charge in [0.1, 0.15) is 29.7 Å². The number of phenolic OH excluding ortho intramolecular Hbond substituents is 1. The molecule has 0 aliphatic carbocycles. The average Bonchev–Trinajstić information content (AvgIpc) is 2.65. The van der Waals surface area contributed by atoms with Crippen LogP contribution in [0.1, 0.15) is 17.0 Å². The minimum Gasteiger partial charge on any atom is -0.508 e. The second-order valence-corrected chi connectivity index (χ2v) is 6.08. The molecule has 0 radical (unpaired) electrons. The molecule has 27 heavy (non-hydrogen) atoms. The fourth-order valence-corrected chi connectivity index (χ4v) is 3.22. The van der Waals surface area contributed by atoms with Crippen LogP contribution >= 0.6 is 11.6 Å². The summed E-state index contributed by atoms with van der Waals surface area (Å²) in [5, 5.41) is 19.6.